The minimum absolute atomic E-state index is 0.325. The summed E-state index contributed by atoms with van der Waals surface area (Å²) in [6.45, 7) is 2.51. The predicted octanol–water partition coefficient (Wildman–Crippen LogP) is 3.10. The molecule has 0 amide bonds. The van der Waals surface area contributed by atoms with E-state index in [2.05, 4.69) is 21.0 Å². The lowest BCUT2D eigenvalue weighted by molar-refractivity contribution is 0.160. The van der Waals surface area contributed by atoms with Gasteiger partial charge in [-0.2, -0.15) is 4.72 Å². The molecule has 2 aliphatic rings. The number of hydrogen-bond donors (Lipinski definition) is 2. The molecule has 24 heavy (non-hydrogen) atoms. The normalized spacial score (nSPS) is 22.0. The number of nitrogens with one attached hydrogen (secondary N) is 2. The third-order valence-electron chi connectivity index (χ3n) is 4.60. The number of nitrogens with zero attached hydrogens (tertiary/aromatic N) is 1. The molecule has 1 spiro atoms. The zero-order chi connectivity index (χ0) is 16.8. The van der Waals surface area contributed by atoms with Crippen molar-refractivity contribution in [2.45, 2.75) is 29.9 Å². The van der Waals surface area contributed by atoms with Crippen LogP contribution in [0.4, 0.5) is 5.69 Å². The second-order valence-corrected chi connectivity index (χ2v) is 9.74. The fourth-order valence-electron chi connectivity index (χ4n) is 3.38. The number of benzene rings is 1. The maximum Gasteiger partial charge on any atom is 0.244 e. The molecule has 0 unspecified atom stereocenters. The Hall–Kier alpha value is -1.12. The molecule has 2 aromatic rings. The van der Waals surface area contributed by atoms with Crippen molar-refractivity contribution in [3.8, 4) is 0 Å². The van der Waals surface area contributed by atoms with Gasteiger partial charge in [0.15, 0.2) is 0 Å². The molecule has 0 aliphatic carbocycles. The van der Waals surface area contributed by atoms with Crippen molar-refractivity contribution < 1.29 is 8.42 Å². The highest BCUT2D eigenvalue weighted by atomic mass is 35.5. The summed E-state index contributed by atoms with van der Waals surface area (Å²) in [7, 11) is -3.47. The zero-order valence-electron chi connectivity index (χ0n) is 13.0. The Labute approximate surface area is 150 Å². The highest BCUT2D eigenvalue weighted by Crippen LogP contribution is 2.35. The van der Waals surface area contributed by atoms with E-state index in [0.29, 0.717) is 10.6 Å². The minimum Gasteiger partial charge on any atom is -0.365 e. The number of hydrogen-bond acceptors (Lipinski definition) is 5. The number of thiophene rings is 1. The number of likely N-dealkylation sites (tertiary alicyclic amines) is 1. The maximum absolute atomic E-state index is 12.5. The van der Waals surface area contributed by atoms with Crippen LogP contribution in [0.15, 0.2) is 41.3 Å². The number of anilines is 1. The van der Waals surface area contributed by atoms with E-state index in [-0.39, 0.29) is 0 Å². The number of fused-ring (bicyclic) bond motifs is 1. The predicted molar refractivity (Wildman–Crippen MR) is 97.0 cm³/mol. The molecular weight excluding hydrogens is 366 g/mol. The van der Waals surface area contributed by atoms with E-state index >= 15 is 0 Å². The summed E-state index contributed by atoms with van der Waals surface area (Å²) >= 11 is 7.58. The van der Waals surface area contributed by atoms with Gasteiger partial charge in [0.1, 0.15) is 10.6 Å². The molecule has 8 heteroatoms. The van der Waals surface area contributed by atoms with Crippen LogP contribution in [-0.2, 0) is 16.6 Å². The number of halogens is 1. The van der Waals surface area contributed by atoms with Crippen LogP contribution in [0, 0.1) is 0 Å². The van der Waals surface area contributed by atoms with Crippen molar-refractivity contribution in [2.24, 2.45) is 0 Å². The first kappa shape index (κ1) is 16.4. The molecule has 0 atom stereocenters. The van der Waals surface area contributed by atoms with Crippen LogP contribution in [-0.4, -0.2) is 32.1 Å². The number of para-hydroxylation sites is 1. The van der Waals surface area contributed by atoms with Gasteiger partial charge in [-0.05, 0) is 37.1 Å². The topological polar surface area (TPSA) is 61.4 Å². The van der Waals surface area contributed by atoms with Crippen LogP contribution in [0.1, 0.15) is 17.7 Å². The average Bonchev–Trinajstić information content (AvgIpc) is 2.94. The average molecular weight is 384 g/mol. The molecule has 128 valence electrons. The van der Waals surface area contributed by atoms with Gasteiger partial charge in [-0.25, -0.2) is 8.42 Å². The summed E-state index contributed by atoms with van der Waals surface area (Å²) in [5.74, 6) is 0. The van der Waals surface area contributed by atoms with Gasteiger partial charge in [0, 0.05) is 24.5 Å². The zero-order valence-corrected chi connectivity index (χ0v) is 15.3. The number of sulfonamides is 1. The van der Waals surface area contributed by atoms with Crippen molar-refractivity contribution in [1.82, 2.24) is 9.62 Å². The summed E-state index contributed by atoms with van der Waals surface area (Å²) < 4.78 is 28.8. The van der Waals surface area contributed by atoms with Gasteiger partial charge in [0.25, 0.3) is 0 Å². The summed E-state index contributed by atoms with van der Waals surface area (Å²) in [5, 5.41) is 3.42. The lowest BCUT2D eigenvalue weighted by atomic mass is 9.97. The minimum atomic E-state index is -3.47. The smallest absolute Gasteiger partial charge is 0.244 e. The second kappa shape index (κ2) is 6.00. The Morgan fingerprint density at radius 2 is 1.92 bits per heavy atom. The highest BCUT2D eigenvalue weighted by Gasteiger charge is 2.42. The molecular formula is C16H18ClN3O2S2. The van der Waals surface area contributed by atoms with Gasteiger partial charge in [-0.1, -0.05) is 23.7 Å². The van der Waals surface area contributed by atoms with Crippen LogP contribution in [0.2, 0.25) is 4.34 Å². The first-order valence-electron chi connectivity index (χ1n) is 7.84. The Balaban J connectivity index is 1.49. The second-order valence-electron chi connectivity index (χ2n) is 6.29. The molecule has 2 N–H and O–H groups in total. The van der Waals surface area contributed by atoms with Crippen molar-refractivity contribution in [1.29, 1.82) is 0 Å². The summed E-state index contributed by atoms with van der Waals surface area (Å²) in [6.07, 6.45) is 1.44. The molecule has 2 aliphatic heterocycles. The van der Waals surface area contributed by atoms with Crippen molar-refractivity contribution in [3.63, 3.8) is 0 Å². The molecule has 1 aromatic carbocycles. The first-order valence-corrected chi connectivity index (χ1v) is 10.5. The van der Waals surface area contributed by atoms with E-state index in [1.54, 1.807) is 23.5 Å². The SMILES string of the molecule is O=S1(=O)NC2(CCN(Cc3ccc(Cl)s3)CC2)Nc2ccccc21. The van der Waals surface area contributed by atoms with Gasteiger partial charge >= 0.3 is 0 Å². The Morgan fingerprint density at radius 1 is 1.17 bits per heavy atom. The van der Waals surface area contributed by atoms with E-state index in [9.17, 15) is 8.42 Å². The monoisotopic (exact) mass is 383 g/mol. The third kappa shape index (κ3) is 3.07. The van der Waals surface area contributed by atoms with Gasteiger partial charge in [0.2, 0.25) is 10.0 Å². The Kier molecular flexibility index (Phi) is 4.09. The Morgan fingerprint density at radius 3 is 2.62 bits per heavy atom. The van der Waals surface area contributed by atoms with Crippen molar-refractivity contribution in [2.75, 3.05) is 18.4 Å². The molecule has 1 fully saturated rings. The van der Waals surface area contributed by atoms with Crippen LogP contribution in [0.5, 0.6) is 0 Å². The number of piperidine rings is 1. The van der Waals surface area contributed by atoms with Crippen LogP contribution in [0.25, 0.3) is 0 Å². The van der Waals surface area contributed by atoms with Crippen molar-refractivity contribution in [3.05, 3.63) is 45.6 Å². The van der Waals surface area contributed by atoms with Crippen molar-refractivity contribution >= 4 is 38.6 Å². The van der Waals surface area contributed by atoms with E-state index in [4.69, 9.17) is 11.6 Å². The van der Waals surface area contributed by atoms with E-state index < -0.39 is 15.7 Å². The molecule has 0 radical (unpaired) electrons. The molecule has 5 nitrogen and oxygen atoms in total. The maximum atomic E-state index is 12.5. The largest absolute Gasteiger partial charge is 0.365 e. The highest BCUT2D eigenvalue weighted by molar-refractivity contribution is 7.89. The number of rotatable bonds is 2. The van der Waals surface area contributed by atoms with Crippen LogP contribution >= 0.6 is 22.9 Å². The summed E-state index contributed by atoms with van der Waals surface area (Å²) in [4.78, 5) is 3.90. The lowest BCUT2D eigenvalue weighted by Crippen LogP contribution is -2.61. The van der Waals surface area contributed by atoms with Gasteiger partial charge < -0.3 is 5.32 Å². The van der Waals surface area contributed by atoms with Gasteiger partial charge in [0.05, 0.1) is 10.0 Å². The summed E-state index contributed by atoms with van der Waals surface area (Å²) in [6, 6.07) is 11.0. The van der Waals surface area contributed by atoms with Gasteiger partial charge in [-0.3, -0.25) is 4.90 Å². The molecule has 0 bridgehead atoms. The molecule has 1 saturated heterocycles. The molecule has 0 saturated carbocycles. The van der Waals surface area contributed by atoms with Crippen LogP contribution in [0.3, 0.4) is 0 Å². The molecule has 3 heterocycles. The van der Waals surface area contributed by atoms with Gasteiger partial charge in [-0.15, -0.1) is 11.3 Å². The standard InChI is InChI=1S/C16H18ClN3O2S2/c17-15-6-5-12(23-15)11-20-9-7-16(8-10-20)18-13-3-1-2-4-14(13)24(21,22)19-16/h1-6,18-19H,7-11H2. The van der Waals surface area contributed by atoms with E-state index in [1.165, 1.54) is 4.88 Å². The molecule has 1 aromatic heterocycles. The fourth-order valence-corrected chi connectivity index (χ4v) is 6.05. The quantitative estimate of drug-likeness (QED) is 0.836. The van der Waals surface area contributed by atoms with E-state index in [0.717, 1.165) is 36.8 Å². The third-order valence-corrected chi connectivity index (χ3v) is 7.41. The lowest BCUT2D eigenvalue weighted by Gasteiger charge is -2.45. The fraction of sp³-hybridized carbons (Fsp3) is 0.375. The Bertz CT molecular complexity index is 858. The van der Waals surface area contributed by atoms with Crippen LogP contribution < -0.4 is 10.0 Å². The molecule has 4 rings (SSSR count). The van der Waals surface area contributed by atoms with E-state index in [1.807, 2.05) is 18.2 Å². The first-order chi connectivity index (χ1) is 11.5. The summed E-state index contributed by atoms with van der Waals surface area (Å²) in [5.41, 5.74) is 0.103.